The second-order valence-electron chi connectivity index (χ2n) is 4.97. The van der Waals surface area contributed by atoms with Crippen LogP contribution in [-0.2, 0) is 9.59 Å². The maximum Gasteiger partial charge on any atom is 0.290 e. The van der Waals surface area contributed by atoms with E-state index in [4.69, 9.17) is 0 Å². The highest BCUT2D eigenvalue weighted by molar-refractivity contribution is 8.18. The molecule has 21 heavy (non-hydrogen) atoms. The van der Waals surface area contributed by atoms with E-state index in [9.17, 15) is 14.4 Å². The first-order valence-corrected chi connectivity index (χ1v) is 7.55. The Morgan fingerprint density at radius 2 is 1.71 bits per heavy atom. The van der Waals surface area contributed by atoms with E-state index in [1.807, 2.05) is 24.3 Å². The number of Topliss-reactive ketones (excluding diaryl/α,β-unsaturated/α-hetero) is 1. The van der Waals surface area contributed by atoms with Gasteiger partial charge in [-0.3, -0.25) is 19.7 Å². The van der Waals surface area contributed by atoms with E-state index in [2.05, 4.69) is 10.2 Å². The molecule has 6 heteroatoms. The summed E-state index contributed by atoms with van der Waals surface area (Å²) in [5.41, 5.74) is 1.95. The van der Waals surface area contributed by atoms with Crippen molar-refractivity contribution in [2.24, 2.45) is 0 Å². The molecule has 108 valence electrons. The summed E-state index contributed by atoms with van der Waals surface area (Å²) in [5.74, 6) is -0.0230. The summed E-state index contributed by atoms with van der Waals surface area (Å²) in [6.07, 6.45) is 2.91. The number of thioether (sulfide) groups is 1. The Bertz CT molecular complexity index is 627. The van der Waals surface area contributed by atoms with Crippen molar-refractivity contribution in [1.82, 2.24) is 5.32 Å². The maximum atomic E-state index is 11.5. The molecule has 0 aromatic heterocycles. The predicted octanol–water partition coefficient (Wildman–Crippen LogP) is 2.18. The molecule has 1 aromatic carbocycles. The molecule has 0 spiro atoms. The SMILES string of the molecule is O=C1CCN(c2ccc(C=C3SC(=O)NC3=O)cc2)CC1. The first-order chi connectivity index (χ1) is 10.1. The van der Waals surface area contributed by atoms with Gasteiger partial charge in [0, 0.05) is 31.6 Å². The van der Waals surface area contributed by atoms with Crippen LogP contribution in [0.15, 0.2) is 29.2 Å². The van der Waals surface area contributed by atoms with Gasteiger partial charge >= 0.3 is 0 Å². The van der Waals surface area contributed by atoms with Gasteiger partial charge in [0.2, 0.25) is 0 Å². The molecule has 1 N–H and O–H groups in total. The van der Waals surface area contributed by atoms with Crippen molar-refractivity contribution in [3.8, 4) is 0 Å². The Balaban J connectivity index is 1.72. The summed E-state index contributed by atoms with van der Waals surface area (Å²) in [6.45, 7) is 1.51. The number of hydrogen-bond donors (Lipinski definition) is 1. The van der Waals surface area contributed by atoms with Gasteiger partial charge in [0.1, 0.15) is 5.78 Å². The molecular weight excluding hydrogens is 288 g/mol. The molecule has 0 saturated carbocycles. The van der Waals surface area contributed by atoms with Gasteiger partial charge in [-0.05, 0) is 35.5 Å². The normalized spacial score (nSPS) is 21.0. The number of carbonyl (C=O) groups is 3. The van der Waals surface area contributed by atoms with Crippen LogP contribution >= 0.6 is 11.8 Å². The van der Waals surface area contributed by atoms with Crippen LogP contribution in [0.3, 0.4) is 0 Å². The maximum absolute atomic E-state index is 11.5. The Morgan fingerprint density at radius 1 is 1.05 bits per heavy atom. The molecule has 3 rings (SSSR count). The monoisotopic (exact) mass is 302 g/mol. The van der Waals surface area contributed by atoms with Gasteiger partial charge in [0.15, 0.2) is 0 Å². The largest absolute Gasteiger partial charge is 0.371 e. The smallest absolute Gasteiger partial charge is 0.290 e. The van der Waals surface area contributed by atoms with Crippen LogP contribution in [0.5, 0.6) is 0 Å². The van der Waals surface area contributed by atoms with Crippen LogP contribution in [-0.4, -0.2) is 30.0 Å². The minimum atomic E-state index is -0.344. The summed E-state index contributed by atoms with van der Waals surface area (Å²) in [7, 11) is 0. The first-order valence-electron chi connectivity index (χ1n) is 6.73. The van der Waals surface area contributed by atoms with Crippen LogP contribution in [0.2, 0.25) is 0 Å². The van der Waals surface area contributed by atoms with E-state index in [1.165, 1.54) is 0 Å². The zero-order valence-corrected chi connectivity index (χ0v) is 12.1. The molecule has 0 atom stereocenters. The van der Waals surface area contributed by atoms with Crippen molar-refractivity contribution < 1.29 is 14.4 Å². The van der Waals surface area contributed by atoms with Crippen LogP contribution in [0.1, 0.15) is 18.4 Å². The third-order valence-electron chi connectivity index (χ3n) is 3.52. The highest BCUT2D eigenvalue weighted by Crippen LogP contribution is 2.26. The quantitative estimate of drug-likeness (QED) is 0.848. The molecule has 0 bridgehead atoms. The average molecular weight is 302 g/mol. The molecular formula is C15H14N2O3S. The van der Waals surface area contributed by atoms with Gasteiger partial charge in [-0.25, -0.2) is 0 Å². The number of amides is 2. The molecule has 0 radical (unpaired) electrons. The zero-order chi connectivity index (χ0) is 14.8. The number of piperidine rings is 1. The standard InChI is InChI=1S/C15H14N2O3S/c18-12-5-7-17(8-6-12)11-3-1-10(2-4-11)9-13-14(19)16-15(20)21-13/h1-4,9H,5-8H2,(H,16,19,20). The fraction of sp³-hybridized carbons (Fsp3) is 0.267. The molecule has 2 aliphatic rings. The lowest BCUT2D eigenvalue weighted by atomic mass is 10.1. The number of ketones is 1. The number of rotatable bonds is 2. The average Bonchev–Trinajstić information content (AvgIpc) is 2.79. The number of carbonyl (C=O) groups excluding carboxylic acids is 3. The van der Waals surface area contributed by atoms with Gasteiger partial charge in [-0.1, -0.05) is 12.1 Å². The third-order valence-corrected chi connectivity index (χ3v) is 4.33. The summed E-state index contributed by atoms with van der Waals surface area (Å²) < 4.78 is 0. The molecule has 5 nitrogen and oxygen atoms in total. The molecule has 2 fully saturated rings. The summed E-state index contributed by atoms with van der Waals surface area (Å²) in [4.78, 5) is 36.4. The highest BCUT2D eigenvalue weighted by Gasteiger charge is 2.24. The summed E-state index contributed by atoms with van der Waals surface area (Å²) in [5, 5.41) is 1.90. The number of hydrogen-bond acceptors (Lipinski definition) is 5. The lowest BCUT2D eigenvalue weighted by Gasteiger charge is -2.28. The second kappa shape index (κ2) is 5.73. The van der Waals surface area contributed by atoms with Crippen molar-refractivity contribution in [3.05, 3.63) is 34.7 Å². The Hall–Kier alpha value is -2.08. The van der Waals surface area contributed by atoms with Crippen molar-refractivity contribution in [2.75, 3.05) is 18.0 Å². The topological polar surface area (TPSA) is 66.5 Å². The Morgan fingerprint density at radius 3 is 2.29 bits per heavy atom. The van der Waals surface area contributed by atoms with Crippen LogP contribution < -0.4 is 10.2 Å². The van der Waals surface area contributed by atoms with Gasteiger partial charge < -0.3 is 4.90 Å². The number of nitrogens with one attached hydrogen (secondary N) is 1. The van der Waals surface area contributed by atoms with Gasteiger partial charge in [0.25, 0.3) is 11.1 Å². The second-order valence-corrected chi connectivity index (χ2v) is 5.98. The predicted molar refractivity (Wildman–Crippen MR) is 82.0 cm³/mol. The molecule has 2 aliphatic heterocycles. The van der Waals surface area contributed by atoms with Crippen molar-refractivity contribution >= 4 is 40.5 Å². The number of nitrogens with zero attached hydrogens (tertiary/aromatic N) is 1. The molecule has 0 aliphatic carbocycles. The van der Waals surface area contributed by atoms with Gasteiger partial charge in [0.05, 0.1) is 4.91 Å². The molecule has 2 saturated heterocycles. The fourth-order valence-corrected chi connectivity index (χ4v) is 3.05. The highest BCUT2D eigenvalue weighted by atomic mass is 32.2. The van der Waals surface area contributed by atoms with E-state index < -0.39 is 0 Å². The fourth-order valence-electron chi connectivity index (χ4n) is 2.37. The van der Waals surface area contributed by atoms with Crippen molar-refractivity contribution in [1.29, 1.82) is 0 Å². The number of imide groups is 1. The van der Waals surface area contributed by atoms with E-state index >= 15 is 0 Å². The Labute approximate surface area is 126 Å². The lowest BCUT2D eigenvalue weighted by Crippen LogP contribution is -2.33. The van der Waals surface area contributed by atoms with Gasteiger partial charge in [-0.2, -0.15) is 0 Å². The summed E-state index contributed by atoms with van der Waals surface area (Å²) >= 11 is 0.915. The van der Waals surface area contributed by atoms with Crippen LogP contribution in [0.25, 0.3) is 6.08 Å². The molecule has 2 amide bonds. The number of anilines is 1. The molecule has 1 aromatic rings. The Kier molecular flexibility index (Phi) is 3.79. The van der Waals surface area contributed by atoms with Gasteiger partial charge in [-0.15, -0.1) is 0 Å². The van der Waals surface area contributed by atoms with E-state index in [1.54, 1.807) is 6.08 Å². The van der Waals surface area contributed by atoms with E-state index in [-0.39, 0.29) is 11.1 Å². The van der Waals surface area contributed by atoms with Crippen LogP contribution in [0.4, 0.5) is 10.5 Å². The first kappa shape index (κ1) is 13.9. The van der Waals surface area contributed by atoms with Crippen molar-refractivity contribution in [3.63, 3.8) is 0 Å². The van der Waals surface area contributed by atoms with E-state index in [0.717, 1.165) is 36.1 Å². The minimum Gasteiger partial charge on any atom is -0.371 e. The summed E-state index contributed by atoms with van der Waals surface area (Å²) in [6, 6.07) is 7.77. The minimum absolute atomic E-state index is 0.321. The van der Waals surface area contributed by atoms with E-state index in [0.29, 0.717) is 23.5 Å². The molecule has 0 unspecified atom stereocenters. The third kappa shape index (κ3) is 3.16. The van der Waals surface area contributed by atoms with Crippen molar-refractivity contribution in [2.45, 2.75) is 12.8 Å². The molecule has 2 heterocycles. The zero-order valence-electron chi connectivity index (χ0n) is 11.3. The van der Waals surface area contributed by atoms with Crippen LogP contribution in [0, 0.1) is 0 Å². The number of benzene rings is 1. The lowest BCUT2D eigenvalue weighted by molar-refractivity contribution is -0.119.